The van der Waals surface area contributed by atoms with E-state index in [0.717, 1.165) is 36.5 Å². The third-order valence-electron chi connectivity index (χ3n) is 3.08. The van der Waals surface area contributed by atoms with E-state index in [0.29, 0.717) is 0 Å². The Labute approximate surface area is 125 Å². The Kier molecular flexibility index (Phi) is 7.91. The highest BCUT2D eigenvalue weighted by Crippen LogP contribution is 2.28. The number of unbranched alkanes of at least 4 members (excludes halogenated alkanes) is 1. The van der Waals surface area contributed by atoms with Crippen LogP contribution in [0.2, 0.25) is 0 Å². The minimum Gasteiger partial charge on any atom is -0.493 e. The van der Waals surface area contributed by atoms with Crippen LogP contribution in [0.5, 0.6) is 11.5 Å². The molecule has 0 aliphatic heterocycles. The summed E-state index contributed by atoms with van der Waals surface area (Å²) >= 11 is 3.52. The number of alkyl halides is 1. The lowest BCUT2D eigenvalue weighted by Gasteiger charge is -2.21. The van der Waals surface area contributed by atoms with Crippen molar-refractivity contribution in [2.75, 3.05) is 32.6 Å². The van der Waals surface area contributed by atoms with Gasteiger partial charge in [0.15, 0.2) is 11.5 Å². The first-order valence-electron chi connectivity index (χ1n) is 6.74. The van der Waals surface area contributed by atoms with E-state index in [2.05, 4.69) is 39.9 Å². The van der Waals surface area contributed by atoms with Crippen molar-refractivity contribution in [3.8, 4) is 11.5 Å². The van der Waals surface area contributed by atoms with Crippen molar-refractivity contribution in [2.24, 2.45) is 0 Å². The topological polar surface area (TPSA) is 21.7 Å². The Balaban J connectivity index is 2.72. The van der Waals surface area contributed by atoms with Crippen molar-refractivity contribution < 1.29 is 9.47 Å². The Morgan fingerprint density at radius 3 is 2.42 bits per heavy atom. The summed E-state index contributed by atoms with van der Waals surface area (Å²) in [7, 11) is 3.34. The maximum absolute atomic E-state index is 5.35. The van der Waals surface area contributed by atoms with Crippen molar-refractivity contribution >= 4 is 15.9 Å². The van der Waals surface area contributed by atoms with E-state index in [1.54, 1.807) is 14.2 Å². The number of benzene rings is 1. The zero-order valence-electron chi connectivity index (χ0n) is 12.1. The van der Waals surface area contributed by atoms with Crippen molar-refractivity contribution in [2.45, 2.75) is 26.3 Å². The fraction of sp³-hybridized carbons (Fsp3) is 0.600. The van der Waals surface area contributed by atoms with Crippen LogP contribution in [-0.4, -0.2) is 37.5 Å². The summed E-state index contributed by atoms with van der Waals surface area (Å²) in [6.07, 6.45) is 2.46. The molecule has 19 heavy (non-hydrogen) atoms. The first-order chi connectivity index (χ1) is 9.24. The number of hydrogen-bond acceptors (Lipinski definition) is 3. The van der Waals surface area contributed by atoms with Crippen LogP contribution in [0.4, 0.5) is 0 Å². The van der Waals surface area contributed by atoms with Gasteiger partial charge in [0.25, 0.3) is 0 Å². The molecule has 0 unspecified atom stereocenters. The van der Waals surface area contributed by atoms with Gasteiger partial charge in [0, 0.05) is 18.4 Å². The monoisotopic (exact) mass is 329 g/mol. The van der Waals surface area contributed by atoms with Crippen LogP contribution in [-0.2, 0) is 6.54 Å². The highest BCUT2D eigenvalue weighted by Gasteiger charge is 2.08. The lowest BCUT2D eigenvalue weighted by atomic mass is 10.1. The molecule has 1 rings (SSSR count). The molecule has 0 saturated carbocycles. The van der Waals surface area contributed by atoms with Gasteiger partial charge in [-0.3, -0.25) is 4.90 Å². The summed E-state index contributed by atoms with van der Waals surface area (Å²) in [4.78, 5) is 2.46. The van der Waals surface area contributed by atoms with Crippen LogP contribution in [0.15, 0.2) is 18.2 Å². The number of nitrogens with zero attached hydrogens (tertiary/aromatic N) is 1. The van der Waals surface area contributed by atoms with E-state index in [-0.39, 0.29) is 0 Å². The Morgan fingerprint density at radius 1 is 1.11 bits per heavy atom. The number of hydrogen-bond donors (Lipinski definition) is 0. The van der Waals surface area contributed by atoms with Gasteiger partial charge in [0.05, 0.1) is 14.2 Å². The maximum atomic E-state index is 5.35. The lowest BCUT2D eigenvalue weighted by Crippen LogP contribution is -2.26. The van der Waals surface area contributed by atoms with E-state index in [1.807, 2.05) is 6.07 Å². The summed E-state index contributed by atoms with van der Waals surface area (Å²) in [6, 6.07) is 6.14. The summed E-state index contributed by atoms with van der Waals surface area (Å²) in [5, 5.41) is 1.00. The van der Waals surface area contributed by atoms with Gasteiger partial charge in [-0.15, -0.1) is 0 Å². The number of rotatable bonds is 9. The first-order valence-corrected chi connectivity index (χ1v) is 7.86. The zero-order valence-corrected chi connectivity index (χ0v) is 13.7. The average molecular weight is 330 g/mol. The fourth-order valence-corrected chi connectivity index (χ4v) is 2.51. The fourth-order valence-electron chi connectivity index (χ4n) is 2.01. The molecule has 0 fully saturated rings. The Hall–Kier alpha value is -0.740. The molecule has 0 atom stereocenters. The Morgan fingerprint density at radius 2 is 1.84 bits per heavy atom. The van der Waals surface area contributed by atoms with Gasteiger partial charge in [0.1, 0.15) is 0 Å². The van der Waals surface area contributed by atoms with Crippen molar-refractivity contribution in [1.82, 2.24) is 4.90 Å². The van der Waals surface area contributed by atoms with Gasteiger partial charge in [-0.25, -0.2) is 0 Å². The molecule has 0 aliphatic rings. The average Bonchev–Trinajstić information content (AvgIpc) is 2.44. The van der Waals surface area contributed by atoms with E-state index >= 15 is 0 Å². The molecule has 0 aromatic heterocycles. The highest BCUT2D eigenvalue weighted by atomic mass is 79.9. The molecule has 108 valence electrons. The highest BCUT2D eigenvalue weighted by molar-refractivity contribution is 9.09. The molecule has 1 aromatic carbocycles. The van der Waals surface area contributed by atoms with Gasteiger partial charge < -0.3 is 9.47 Å². The van der Waals surface area contributed by atoms with Crippen molar-refractivity contribution in [1.29, 1.82) is 0 Å². The molecule has 3 nitrogen and oxygen atoms in total. The largest absolute Gasteiger partial charge is 0.493 e. The van der Waals surface area contributed by atoms with Crippen LogP contribution >= 0.6 is 15.9 Å². The van der Waals surface area contributed by atoms with Crippen LogP contribution in [0, 0.1) is 0 Å². The summed E-state index contributed by atoms with van der Waals surface area (Å²) in [6.45, 7) is 5.37. The molecule has 0 spiro atoms. The third-order valence-corrected chi connectivity index (χ3v) is 3.44. The maximum Gasteiger partial charge on any atom is 0.161 e. The normalized spacial score (nSPS) is 10.8. The predicted molar refractivity (Wildman–Crippen MR) is 83.5 cm³/mol. The van der Waals surface area contributed by atoms with Gasteiger partial charge >= 0.3 is 0 Å². The van der Waals surface area contributed by atoms with E-state index in [1.165, 1.54) is 18.4 Å². The van der Waals surface area contributed by atoms with Gasteiger partial charge in [0.2, 0.25) is 0 Å². The number of halogens is 1. The van der Waals surface area contributed by atoms with E-state index in [9.17, 15) is 0 Å². The molecule has 0 heterocycles. The molecule has 1 aromatic rings. The number of methoxy groups -OCH3 is 2. The first kappa shape index (κ1) is 16.3. The second-order valence-corrected chi connectivity index (χ2v) is 5.30. The smallest absolute Gasteiger partial charge is 0.161 e. The summed E-state index contributed by atoms with van der Waals surface area (Å²) in [5.74, 6) is 1.58. The SMILES string of the molecule is CCCCN(CCBr)Cc1ccc(OC)c(OC)c1. The van der Waals surface area contributed by atoms with Crippen LogP contribution in [0.25, 0.3) is 0 Å². The molecule has 4 heteroatoms. The lowest BCUT2D eigenvalue weighted by molar-refractivity contribution is 0.277. The quantitative estimate of drug-likeness (QED) is 0.645. The van der Waals surface area contributed by atoms with Gasteiger partial charge in [-0.05, 0) is 30.7 Å². The molecular weight excluding hydrogens is 306 g/mol. The van der Waals surface area contributed by atoms with Gasteiger partial charge in [-0.2, -0.15) is 0 Å². The standard InChI is InChI=1S/C15H24BrNO2/c1-4-5-9-17(10-8-16)12-13-6-7-14(18-2)15(11-13)19-3/h6-7,11H,4-5,8-10,12H2,1-3H3. The second-order valence-electron chi connectivity index (χ2n) is 4.51. The molecule has 0 saturated heterocycles. The molecule has 0 amide bonds. The molecule has 0 N–H and O–H groups in total. The molecule has 0 radical (unpaired) electrons. The third kappa shape index (κ3) is 5.41. The molecule has 0 bridgehead atoms. The van der Waals surface area contributed by atoms with Crippen molar-refractivity contribution in [3.63, 3.8) is 0 Å². The zero-order chi connectivity index (χ0) is 14.1. The summed E-state index contributed by atoms with van der Waals surface area (Å²) in [5.41, 5.74) is 1.26. The number of ether oxygens (including phenoxy) is 2. The summed E-state index contributed by atoms with van der Waals surface area (Å²) < 4.78 is 10.6. The molecule has 0 aliphatic carbocycles. The van der Waals surface area contributed by atoms with Crippen molar-refractivity contribution in [3.05, 3.63) is 23.8 Å². The minimum atomic E-state index is 0.784. The Bertz CT molecular complexity index is 371. The van der Waals surface area contributed by atoms with E-state index < -0.39 is 0 Å². The van der Waals surface area contributed by atoms with Crippen LogP contribution in [0.3, 0.4) is 0 Å². The molecular formula is C15H24BrNO2. The van der Waals surface area contributed by atoms with Gasteiger partial charge in [-0.1, -0.05) is 35.3 Å². The van der Waals surface area contributed by atoms with Crippen LogP contribution < -0.4 is 9.47 Å². The second kappa shape index (κ2) is 9.21. The van der Waals surface area contributed by atoms with Crippen LogP contribution in [0.1, 0.15) is 25.3 Å². The predicted octanol–water partition coefficient (Wildman–Crippen LogP) is 3.70. The van der Waals surface area contributed by atoms with E-state index in [4.69, 9.17) is 9.47 Å². The minimum absolute atomic E-state index is 0.784.